The van der Waals surface area contributed by atoms with Crippen LogP contribution in [-0.2, 0) is 11.2 Å². The second kappa shape index (κ2) is 11.3. The molecule has 1 N–H and O–H groups in total. The minimum atomic E-state index is -0.198. The summed E-state index contributed by atoms with van der Waals surface area (Å²) in [5, 5.41) is 3.29. The zero-order chi connectivity index (χ0) is 22.9. The van der Waals surface area contributed by atoms with Gasteiger partial charge in [0.15, 0.2) is 17.3 Å². The third-order valence-electron chi connectivity index (χ3n) is 4.78. The average Bonchev–Trinajstić information content (AvgIpc) is 2.81. The molecule has 5 nitrogen and oxygen atoms in total. The number of nitrogens with one attached hydrogen (secondary N) is 1. The fourth-order valence-corrected chi connectivity index (χ4v) is 3.45. The Kier molecular flexibility index (Phi) is 8.28. The molecular weight excluding hydrogens is 426 g/mol. The van der Waals surface area contributed by atoms with E-state index in [4.69, 9.17) is 21.1 Å². The molecule has 1 amide bonds. The van der Waals surface area contributed by atoms with Crippen LogP contribution in [0.3, 0.4) is 0 Å². The molecule has 0 aliphatic rings. The molecule has 0 fully saturated rings. The van der Waals surface area contributed by atoms with Crippen LogP contribution in [0.2, 0.25) is 5.02 Å². The van der Waals surface area contributed by atoms with E-state index in [1.54, 1.807) is 42.5 Å². The molecule has 0 bridgehead atoms. The summed E-state index contributed by atoms with van der Waals surface area (Å²) >= 11 is 6.11. The highest BCUT2D eigenvalue weighted by atomic mass is 35.5. The number of ketones is 1. The zero-order valence-corrected chi connectivity index (χ0v) is 18.9. The lowest BCUT2D eigenvalue weighted by Gasteiger charge is -2.13. The van der Waals surface area contributed by atoms with Gasteiger partial charge in [-0.1, -0.05) is 48.0 Å². The van der Waals surface area contributed by atoms with Crippen LogP contribution in [0.1, 0.15) is 41.8 Å². The van der Waals surface area contributed by atoms with Gasteiger partial charge >= 0.3 is 0 Å². The third-order valence-corrected chi connectivity index (χ3v) is 5.02. The predicted molar refractivity (Wildman–Crippen MR) is 127 cm³/mol. The first-order valence-electron chi connectivity index (χ1n) is 10.6. The van der Waals surface area contributed by atoms with E-state index < -0.39 is 0 Å². The Labute approximate surface area is 193 Å². The molecule has 3 rings (SSSR count). The number of aryl methyl sites for hydroxylation is 1. The maximum atomic E-state index is 12.9. The Morgan fingerprint density at radius 2 is 1.59 bits per heavy atom. The first-order chi connectivity index (χ1) is 15.5. The summed E-state index contributed by atoms with van der Waals surface area (Å²) in [6.07, 6.45) is 0.773. The Balaban J connectivity index is 1.70. The van der Waals surface area contributed by atoms with Crippen molar-refractivity contribution in [3.05, 3.63) is 88.4 Å². The summed E-state index contributed by atoms with van der Waals surface area (Å²) in [6, 6.07) is 19.5. The van der Waals surface area contributed by atoms with Gasteiger partial charge in [0.25, 0.3) is 0 Å². The minimum absolute atomic E-state index is 0.193. The van der Waals surface area contributed by atoms with E-state index in [1.165, 1.54) is 0 Å². The molecule has 3 aromatic rings. The Morgan fingerprint density at radius 3 is 2.31 bits per heavy atom. The molecule has 0 spiro atoms. The molecule has 0 atom stereocenters. The van der Waals surface area contributed by atoms with Crippen molar-refractivity contribution in [3.8, 4) is 11.5 Å². The number of carbonyl (C=O) groups excluding carboxylic acids is 2. The number of hydrogen-bond acceptors (Lipinski definition) is 4. The molecule has 3 aromatic carbocycles. The molecule has 0 aromatic heterocycles. The van der Waals surface area contributed by atoms with Gasteiger partial charge in [-0.3, -0.25) is 9.59 Å². The molecule has 6 heteroatoms. The van der Waals surface area contributed by atoms with Crippen molar-refractivity contribution in [2.24, 2.45) is 0 Å². The number of halogens is 1. The van der Waals surface area contributed by atoms with Crippen molar-refractivity contribution >= 4 is 29.0 Å². The molecule has 0 heterocycles. The first kappa shape index (κ1) is 23.4. The highest BCUT2D eigenvalue weighted by molar-refractivity contribution is 6.31. The van der Waals surface area contributed by atoms with Gasteiger partial charge in [-0.25, -0.2) is 0 Å². The molecule has 0 radical (unpaired) electrons. The Bertz CT molecular complexity index is 1080. The topological polar surface area (TPSA) is 64.6 Å². The minimum Gasteiger partial charge on any atom is -0.490 e. The molecule has 32 heavy (non-hydrogen) atoms. The smallest absolute Gasteiger partial charge is 0.224 e. The zero-order valence-electron chi connectivity index (χ0n) is 18.2. The maximum absolute atomic E-state index is 12.9. The molecule has 0 aliphatic heterocycles. The fraction of sp³-hybridized carbons (Fsp3) is 0.231. The summed E-state index contributed by atoms with van der Waals surface area (Å²) in [4.78, 5) is 25.6. The highest BCUT2D eigenvalue weighted by Crippen LogP contribution is 2.29. The molecular formula is C26H26ClNO4. The van der Waals surface area contributed by atoms with Crippen LogP contribution in [0.25, 0.3) is 0 Å². The van der Waals surface area contributed by atoms with E-state index in [9.17, 15) is 9.59 Å². The second-order valence-electron chi connectivity index (χ2n) is 7.08. The summed E-state index contributed by atoms with van der Waals surface area (Å²) in [5.41, 5.74) is 2.29. The van der Waals surface area contributed by atoms with E-state index in [0.717, 1.165) is 5.56 Å². The van der Waals surface area contributed by atoms with Crippen LogP contribution in [0.4, 0.5) is 5.69 Å². The third kappa shape index (κ3) is 6.11. The van der Waals surface area contributed by atoms with Crippen LogP contribution < -0.4 is 14.8 Å². The van der Waals surface area contributed by atoms with Crippen molar-refractivity contribution in [1.29, 1.82) is 0 Å². The SMILES string of the molecule is CCOc1ccc(CCC(=O)Nc2ccc(Cl)cc2C(=O)c2ccccc2)cc1OCC. The maximum Gasteiger partial charge on any atom is 0.224 e. The summed E-state index contributed by atoms with van der Waals surface area (Å²) in [7, 11) is 0. The molecule has 0 aliphatic carbocycles. The number of anilines is 1. The van der Waals surface area contributed by atoms with Crippen molar-refractivity contribution in [2.75, 3.05) is 18.5 Å². The first-order valence-corrected chi connectivity index (χ1v) is 11.0. The van der Waals surface area contributed by atoms with E-state index in [2.05, 4.69) is 5.32 Å². The van der Waals surface area contributed by atoms with Crippen molar-refractivity contribution in [1.82, 2.24) is 0 Å². The monoisotopic (exact) mass is 451 g/mol. The lowest BCUT2D eigenvalue weighted by Crippen LogP contribution is -2.15. The lowest BCUT2D eigenvalue weighted by molar-refractivity contribution is -0.116. The largest absolute Gasteiger partial charge is 0.490 e. The van der Waals surface area contributed by atoms with Crippen molar-refractivity contribution in [3.63, 3.8) is 0 Å². The number of amides is 1. The quantitative estimate of drug-likeness (QED) is 0.387. The van der Waals surface area contributed by atoms with Gasteiger partial charge < -0.3 is 14.8 Å². The number of ether oxygens (including phenoxy) is 2. The van der Waals surface area contributed by atoms with Gasteiger partial charge in [0.2, 0.25) is 5.91 Å². The lowest BCUT2D eigenvalue weighted by atomic mass is 10.0. The van der Waals surface area contributed by atoms with Crippen molar-refractivity contribution in [2.45, 2.75) is 26.7 Å². The van der Waals surface area contributed by atoms with Crippen LogP contribution in [-0.4, -0.2) is 24.9 Å². The molecule has 0 unspecified atom stereocenters. The standard InChI is InChI=1S/C26H26ClNO4/c1-3-31-23-14-10-18(16-24(23)32-4-2)11-15-25(29)28-22-13-12-20(27)17-21(22)26(30)19-8-6-5-7-9-19/h5-10,12-14,16-17H,3-4,11,15H2,1-2H3,(H,28,29). The van der Waals surface area contributed by atoms with Gasteiger partial charge in [-0.05, 0) is 56.2 Å². The van der Waals surface area contributed by atoms with Gasteiger partial charge in [0.05, 0.1) is 18.9 Å². The molecule has 0 saturated carbocycles. The van der Waals surface area contributed by atoms with Crippen LogP contribution in [0.5, 0.6) is 11.5 Å². The van der Waals surface area contributed by atoms with Crippen LogP contribution in [0, 0.1) is 0 Å². The fourth-order valence-electron chi connectivity index (χ4n) is 3.28. The Hall–Kier alpha value is -3.31. The predicted octanol–water partition coefficient (Wildman–Crippen LogP) is 5.94. The van der Waals surface area contributed by atoms with Crippen molar-refractivity contribution < 1.29 is 19.1 Å². The van der Waals surface area contributed by atoms with Crippen LogP contribution >= 0.6 is 11.6 Å². The average molecular weight is 452 g/mol. The van der Waals surface area contributed by atoms with Gasteiger partial charge in [-0.2, -0.15) is 0 Å². The summed E-state index contributed by atoms with van der Waals surface area (Å²) in [5.74, 6) is 0.964. The summed E-state index contributed by atoms with van der Waals surface area (Å²) < 4.78 is 11.2. The van der Waals surface area contributed by atoms with Gasteiger partial charge in [-0.15, -0.1) is 0 Å². The van der Waals surface area contributed by atoms with E-state index in [0.29, 0.717) is 53.0 Å². The van der Waals surface area contributed by atoms with E-state index in [1.807, 2.05) is 38.1 Å². The number of rotatable bonds is 10. The normalized spacial score (nSPS) is 10.5. The molecule has 166 valence electrons. The van der Waals surface area contributed by atoms with E-state index in [-0.39, 0.29) is 18.1 Å². The second-order valence-corrected chi connectivity index (χ2v) is 7.52. The van der Waals surface area contributed by atoms with Crippen LogP contribution in [0.15, 0.2) is 66.7 Å². The van der Waals surface area contributed by atoms with Gasteiger partial charge in [0, 0.05) is 22.6 Å². The Morgan fingerprint density at radius 1 is 0.875 bits per heavy atom. The van der Waals surface area contributed by atoms with Gasteiger partial charge in [0.1, 0.15) is 0 Å². The molecule has 0 saturated heterocycles. The number of hydrogen-bond donors (Lipinski definition) is 1. The van der Waals surface area contributed by atoms with E-state index >= 15 is 0 Å². The number of benzene rings is 3. The highest BCUT2D eigenvalue weighted by Gasteiger charge is 2.16. The number of carbonyl (C=O) groups is 2. The summed E-state index contributed by atoms with van der Waals surface area (Å²) in [6.45, 7) is 4.91.